The molecule has 0 N–H and O–H groups in total. The molecule has 4 nitrogen and oxygen atoms in total. The maximum Gasteiger partial charge on any atom is 0.161 e. The Bertz CT molecular complexity index is 1370. The third-order valence-electron chi connectivity index (χ3n) is 13.3. The van der Waals surface area contributed by atoms with Gasteiger partial charge in [0.1, 0.15) is 11.0 Å². The zero-order chi connectivity index (χ0) is 32.0. The highest BCUT2D eigenvalue weighted by Crippen LogP contribution is 2.78. The first-order chi connectivity index (χ1) is 22.0. The molecule has 2 atom stereocenters. The largest absolute Gasteiger partial charge is 0.493 e. The SMILES string of the molecule is COc1cc(C(c2ccccc2)N(C)S(=O)C(C)(C)C)c(P(C23CC4CC(CC(C4)C2)C3)C23CC4CC(CC(C4)C2)C3)cc1OC. The van der Waals surface area contributed by atoms with Crippen molar-refractivity contribution < 1.29 is 13.7 Å². The summed E-state index contributed by atoms with van der Waals surface area (Å²) in [5.74, 6) is 7.14. The summed E-state index contributed by atoms with van der Waals surface area (Å²) in [5.41, 5.74) is 2.53. The molecule has 0 heterocycles. The molecule has 0 aliphatic heterocycles. The van der Waals surface area contributed by atoms with Gasteiger partial charge in [-0.3, -0.25) is 0 Å². The predicted molar refractivity (Wildman–Crippen MR) is 192 cm³/mol. The van der Waals surface area contributed by atoms with Crippen LogP contribution in [0.5, 0.6) is 11.5 Å². The second kappa shape index (κ2) is 11.6. The van der Waals surface area contributed by atoms with Crippen LogP contribution >= 0.6 is 7.92 Å². The lowest BCUT2D eigenvalue weighted by molar-refractivity contribution is 0.0195. The summed E-state index contributed by atoms with van der Waals surface area (Å²) in [4.78, 5) is 0. The van der Waals surface area contributed by atoms with Gasteiger partial charge in [-0.05, 0) is 172 Å². The molecule has 2 unspecified atom stereocenters. The van der Waals surface area contributed by atoms with E-state index in [-0.39, 0.29) is 10.8 Å². The quantitative estimate of drug-likeness (QED) is 0.252. The molecule has 2 aromatic carbocycles. The standard InChI is InChI=1S/C40H56NO3PS/c1-38(2,3)46(42)41(4)37(32-10-8-7-9-11-32)33-18-34(43-5)35(44-6)19-36(33)45(39-20-26-12-27(21-39)14-28(13-26)22-39)40-23-29-15-30(24-40)17-31(16-29)25-40/h7-11,18-19,26-31,37H,12-17,20-25H2,1-6H3. The van der Waals surface area contributed by atoms with Gasteiger partial charge in [-0.25, -0.2) is 8.51 Å². The van der Waals surface area contributed by atoms with E-state index in [1.165, 1.54) is 88.2 Å². The van der Waals surface area contributed by atoms with Crippen LogP contribution in [-0.2, 0) is 11.0 Å². The molecule has 0 radical (unpaired) electrons. The Kier molecular flexibility index (Phi) is 8.02. The first kappa shape index (κ1) is 31.8. The lowest BCUT2D eigenvalue weighted by Gasteiger charge is -2.67. The van der Waals surface area contributed by atoms with E-state index in [4.69, 9.17) is 9.47 Å². The number of hydrogen-bond donors (Lipinski definition) is 0. The minimum Gasteiger partial charge on any atom is -0.493 e. The summed E-state index contributed by atoms with van der Waals surface area (Å²) in [5, 5.41) is 2.38. The van der Waals surface area contributed by atoms with Crippen molar-refractivity contribution in [2.45, 2.75) is 119 Å². The molecule has 46 heavy (non-hydrogen) atoms. The van der Waals surface area contributed by atoms with E-state index in [9.17, 15) is 4.21 Å². The van der Waals surface area contributed by atoms with Gasteiger partial charge in [-0.2, -0.15) is 0 Å². The summed E-state index contributed by atoms with van der Waals surface area (Å²) < 4.78 is 28.4. The topological polar surface area (TPSA) is 38.8 Å². The second-order valence-electron chi connectivity index (χ2n) is 17.6. The van der Waals surface area contributed by atoms with Crippen LogP contribution < -0.4 is 14.8 Å². The van der Waals surface area contributed by atoms with E-state index in [0.29, 0.717) is 10.3 Å². The van der Waals surface area contributed by atoms with Crippen LogP contribution in [0.25, 0.3) is 0 Å². The van der Waals surface area contributed by atoms with Gasteiger partial charge in [0.2, 0.25) is 0 Å². The molecular formula is C40H56NO3PS. The highest BCUT2D eigenvalue weighted by atomic mass is 32.2. The van der Waals surface area contributed by atoms with Crippen LogP contribution in [0.3, 0.4) is 0 Å². The van der Waals surface area contributed by atoms with Gasteiger partial charge in [-0.1, -0.05) is 38.3 Å². The summed E-state index contributed by atoms with van der Waals surface area (Å²) in [7, 11) is 3.96. The van der Waals surface area contributed by atoms with E-state index in [1.807, 2.05) is 7.11 Å². The lowest BCUT2D eigenvalue weighted by atomic mass is 9.55. The van der Waals surface area contributed by atoms with Gasteiger partial charge < -0.3 is 9.47 Å². The Morgan fingerprint density at radius 2 is 1.15 bits per heavy atom. The third kappa shape index (κ3) is 5.24. The maximum atomic E-state index is 14.3. The average molecular weight is 662 g/mol. The van der Waals surface area contributed by atoms with Crippen LogP contribution in [-0.4, -0.2) is 44.8 Å². The van der Waals surface area contributed by atoms with Gasteiger partial charge in [0.15, 0.2) is 11.5 Å². The first-order valence-electron chi connectivity index (χ1n) is 18.3. The van der Waals surface area contributed by atoms with Gasteiger partial charge in [0.25, 0.3) is 0 Å². The molecule has 0 spiro atoms. The normalized spacial score (nSPS) is 37.8. The Morgan fingerprint density at radius 1 is 0.739 bits per heavy atom. The van der Waals surface area contributed by atoms with Crippen LogP contribution in [0.2, 0.25) is 0 Å². The highest BCUT2D eigenvalue weighted by molar-refractivity contribution is 7.84. The van der Waals surface area contributed by atoms with Crippen molar-refractivity contribution in [2.75, 3.05) is 21.3 Å². The van der Waals surface area contributed by atoms with E-state index >= 15 is 0 Å². The number of methoxy groups -OCH3 is 2. The number of ether oxygens (including phenoxy) is 2. The van der Waals surface area contributed by atoms with Crippen LogP contribution in [0.4, 0.5) is 0 Å². The van der Waals surface area contributed by atoms with Gasteiger partial charge in [0, 0.05) is 7.05 Å². The highest BCUT2D eigenvalue weighted by Gasteiger charge is 2.63. The van der Waals surface area contributed by atoms with E-state index in [1.54, 1.807) is 12.4 Å². The Morgan fingerprint density at radius 3 is 1.54 bits per heavy atom. The van der Waals surface area contributed by atoms with Crippen LogP contribution in [0, 0.1) is 35.5 Å². The minimum absolute atomic E-state index is 0.135. The average Bonchev–Trinajstić information content (AvgIpc) is 2.99. The molecule has 10 rings (SSSR count). The molecule has 0 aromatic heterocycles. The van der Waals surface area contributed by atoms with Gasteiger partial charge >= 0.3 is 0 Å². The molecule has 0 saturated heterocycles. The molecule has 0 amide bonds. The molecule has 6 heteroatoms. The Balaban J connectivity index is 1.38. The fraction of sp³-hybridized carbons (Fsp3) is 0.700. The second-order valence-corrected chi connectivity index (χ2v) is 23.0. The zero-order valence-corrected chi connectivity index (χ0v) is 30.8. The van der Waals surface area contributed by atoms with E-state index < -0.39 is 18.9 Å². The summed E-state index contributed by atoms with van der Waals surface area (Å²) >= 11 is 0. The monoisotopic (exact) mass is 661 g/mol. The fourth-order valence-electron chi connectivity index (χ4n) is 12.7. The van der Waals surface area contributed by atoms with Crippen LogP contribution in [0.15, 0.2) is 42.5 Å². The molecular weight excluding hydrogens is 605 g/mol. The smallest absolute Gasteiger partial charge is 0.161 e. The molecule has 8 aliphatic rings. The Labute approximate surface area is 282 Å². The molecule has 8 saturated carbocycles. The van der Waals surface area contributed by atoms with Crippen molar-refractivity contribution in [1.82, 2.24) is 4.31 Å². The zero-order valence-electron chi connectivity index (χ0n) is 29.1. The number of benzene rings is 2. The predicted octanol–water partition coefficient (Wildman–Crippen LogP) is 9.23. The molecule has 2 aromatic rings. The number of nitrogens with zero attached hydrogens (tertiary/aromatic N) is 1. The summed E-state index contributed by atoms with van der Waals surface area (Å²) in [6.45, 7) is 6.32. The van der Waals surface area contributed by atoms with Crippen molar-refractivity contribution in [1.29, 1.82) is 0 Å². The molecule has 8 fully saturated rings. The van der Waals surface area contributed by atoms with Crippen LogP contribution in [0.1, 0.15) is 115 Å². The van der Waals surface area contributed by atoms with Gasteiger partial charge in [0.05, 0.1) is 25.0 Å². The lowest BCUT2D eigenvalue weighted by Crippen LogP contribution is -2.58. The fourth-order valence-corrected chi connectivity index (χ4v) is 19.4. The Hall–Kier alpha value is -1.42. The molecule has 8 aliphatic carbocycles. The van der Waals surface area contributed by atoms with Crippen molar-refractivity contribution in [3.63, 3.8) is 0 Å². The van der Waals surface area contributed by atoms with Crippen molar-refractivity contribution in [2.24, 2.45) is 35.5 Å². The summed E-state index contributed by atoms with van der Waals surface area (Å²) in [6.07, 6.45) is 17.4. The van der Waals surface area contributed by atoms with E-state index in [0.717, 1.165) is 47.0 Å². The third-order valence-corrected chi connectivity index (χ3v) is 18.9. The molecule has 250 valence electrons. The van der Waals surface area contributed by atoms with Crippen molar-refractivity contribution in [3.05, 3.63) is 53.6 Å². The van der Waals surface area contributed by atoms with Crippen molar-refractivity contribution in [3.8, 4) is 11.5 Å². The number of rotatable bonds is 9. The van der Waals surface area contributed by atoms with Gasteiger partial charge in [-0.15, -0.1) is 0 Å². The van der Waals surface area contributed by atoms with Crippen molar-refractivity contribution >= 4 is 24.2 Å². The summed E-state index contributed by atoms with van der Waals surface area (Å²) in [6, 6.07) is 15.5. The van der Waals surface area contributed by atoms with E-state index in [2.05, 4.69) is 74.6 Å². The molecule has 8 bridgehead atoms. The first-order valence-corrected chi connectivity index (χ1v) is 20.7. The maximum absolute atomic E-state index is 14.3. The minimum atomic E-state index is -1.20. The number of hydrogen-bond acceptors (Lipinski definition) is 3.